The lowest BCUT2D eigenvalue weighted by molar-refractivity contribution is 0.252. The molecule has 25 heavy (non-hydrogen) atoms. The second-order valence-corrected chi connectivity index (χ2v) is 6.94. The first-order chi connectivity index (χ1) is 11.9. The van der Waals surface area contributed by atoms with Gasteiger partial charge in [0.15, 0.2) is 0 Å². The molecule has 1 N–H and O–H groups in total. The summed E-state index contributed by atoms with van der Waals surface area (Å²) in [4.78, 5) is 6.84. The molecule has 7 heteroatoms. The molecule has 0 radical (unpaired) electrons. The first-order valence-corrected chi connectivity index (χ1v) is 9.01. The summed E-state index contributed by atoms with van der Waals surface area (Å²) in [6.45, 7) is 4.83. The van der Waals surface area contributed by atoms with Crippen LogP contribution in [-0.2, 0) is 0 Å². The highest BCUT2D eigenvalue weighted by atomic mass is 35.5. The highest BCUT2D eigenvalue weighted by molar-refractivity contribution is 7.99. The number of hydrogen-bond donors (Lipinski definition) is 1. The van der Waals surface area contributed by atoms with Crippen LogP contribution in [0.3, 0.4) is 0 Å². The largest absolute Gasteiger partial charge is 0.366 e. The molecule has 0 heterocycles. The van der Waals surface area contributed by atoms with E-state index < -0.39 is 5.76 Å². The van der Waals surface area contributed by atoms with Crippen molar-refractivity contribution in [2.24, 2.45) is 4.99 Å². The van der Waals surface area contributed by atoms with Crippen LogP contribution in [-0.4, -0.2) is 30.6 Å². The van der Waals surface area contributed by atoms with Crippen molar-refractivity contribution >= 4 is 46.8 Å². The van der Waals surface area contributed by atoms with Gasteiger partial charge in [-0.3, -0.25) is 0 Å². The van der Waals surface area contributed by atoms with Crippen LogP contribution in [0.15, 0.2) is 46.3 Å². The number of nitrogens with zero attached hydrogens (tertiary/aromatic N) is 2. The summed E-state index contributed by atoms with van der Waals surface area (Å²) in [6.07, 6.45) is 1.73. The molecule has 3 nitrogen and oxygen atoms in total. The zero-order valence-electron chi connectivity index (χ0n) is 14.3. The van der Waals surface area contributed by atoms with Gasteiger partial charge in [0.25, 0.3) is 5.76 Å². The van der Waals surface area contributed by atoms with E-state index in [0.717, 1.165) is 23.5 Å². The molecule has 0 aromatic heterocycles. The maximum Gasteiger partial charge on any atom is 0.288 e. The Kier molecular flexibility index (Phi) is 7.08. The highest BCUT2D eigenvalue weighted by Crippen LogP contribution is 2.34. The third-order valence-corrected chi connectivity index (χ3v) is 4.53. The van der Waals surface area contributed by atoms with Crippen LogP contribution in [0.2, 0.25) is 5.02 Å². The number of alkyl halides is 2. The van der Waals surface area contributed by atoms with Crippen LogP contribution in [0.1, 0.15) is 12.5 Å². The first kappa shape index (κ1) is 19.5. The van der Waals surface area contributed by atoms with E-state index in [9.17, 15) is 8.78 Å². The van der Waals surface area contributed by atoms with E-state index in [0.29, 0.717) is 27.4 Å². The van der Waals surface area contributed by atoms with Gasteiger partial charge in [0.1, 0.15) is 0 Å². The smallest absolute Gasteiger partial charge is 0.288 e. The van der Waals surface area contributed by atoms with E-state index in [1.54, 1.807) is 30.6 Å². The van der Waals surface area contributed by atoms with Crippen molar-refractivity contribution in [3.63, 3.8) is 0 Å². The predicted molar refractivity (Wildman–Crippen MR) is 104 cm³/mol. The second kappa shape index (κ2) is 9.06. The van der Waals surface area contributed by atoms with Crippen molar-refractivity contribution in [2.75, 3.05) is 18.9 Å². The van der Waals surface area contributed by atoms with Crippen molar-refractivity contribution in [1.82, 2.24) is 4.90 Å². The van der Waals surface area contributed by atoms with Gasteiger partial charge in [-0.15, -0.1) is 0 Å². The standard InChI is InChI=1S/C18H20ClF2N3S/c1-4-24(3)11-22-17-8-12(2)16(10-15(17)19)23-13-6-5-7-14(9-13)25-18(20)21/h5-11,18,23H,4H2,1-3H3/b22-11-. The molecule has 0 spiro atoms. The quantitative estimate of drug-likeness (QED) is 0.344. The van der Waals surface area contributed by atoms with Crippen LogP contribution in [0.4, 0.5) is 25.8 Å². The summed E-state index contributed by atoms with van der Waals surface area (Å²) in [5, 5.41) is 3.75. The van der Waals surface area contributed by atoms with Crippen LogP contribution >= 0.6 is 23.4 Å². The van der Waals surface area contributed by atoms with Gasteiger partial charge in [-0.05, 0) is 49.7 Å². The van der Waals surface area contributed by atoms with Gasteiger partial charge in [0.05, 0.1) is 17.0 Å². The van der Waals surface area contributed by atoms with E-state index in [2.05, 4.69) is 10.3 Å². The Labute approximate surface area is 156 Å². The Hall–Kier alpha value is -1.79. The Morgan fingerprint density at radius 3 is 2.76 bits per heavy atom. The minimum atomic E-state index is -2.44. The molecule has 0 unspecified atom stereocenters. The number of nitrogens with one attached hydrogen (secondary N) is 1. The monoisotopic (exact) mass is 383 g/mol. The maximum absolute atomic E-state index is 12.5. The van der Waals surface area contributed by atoms with Crippen LogP contribution in [0.25, 0.3) is 0 Å². The predicted octanol–water partition coefficient (Wildman–Crippen LogP) is 6.32. The highest BCUT2D eigenvalue weighted by Gasteiger charge is 2.08. The summed E-state index contributed by atoms with van der Waals surface area (Å²) in [7, 11) is 1.94. The molecule has 2 rings (SSSR count). The Morgan fingerprint density at radius 2 is 2.08 bits per heavy atom. The molecule has 0 fully saturated rings. The van der Waals surface area contributed by atoms with Gasteiger partial charge in [-0.2, -0.15) is 8.78 Å². The topological polar surface area (TPSA) is 27.6 Å². The number of hydrogen-bond acceptors (Lipinski definition) is 3. The minimum Gasteiger partial charge on any atom is -0.366 e. The van der Waals surface area contributed by atoms with Crippen LogP contribution in [0.5, 0.6) is 0 Å². The fraction of sp³-hybridized carbons (Fsp3) is 0.278. The van der Waals surface area contributed by atoms with Gasteiger partial charge in [-0.1, -0.05) is 29.4 Å². The fourth-order valence-electron chi connectivity index (χ4n) is 2.05. The molecule has 0 atom stereocenters. The Balaban J connectivity index is 2.21. The zero-order valence-corrected chi connectivity index (χ0v) is 15.8. The van der Waals surface area contributed by atoms with Crippen molar-refractivity contribution in [1.29, 1.82) is 0 Å². The fourth-order valence-corrected chi connectivity index (χ4v) is 2.82. The summed E-state index contributed by atoms with van der Waals surface area (Å²) in [5.41, 5.74) is 3.19. The molecule has 0 bridgehead atoms. The summed E-state index contributed by atoms with van der Waals surface area (Å²) in [6, 6.07) is 10.6. The molecule has 0 aliphatic rings. The molecular weight excluding hydrogens is 364 g/mol. The first-order valence-electron chi connectivity index (χ1n) is 7.75. The van der Waals surface area contributed by atoms with E-state index in [1.807, 2.05) is 37.9 Å². The second-order valence-electron chi connectivity index (χ2n) is 5.47. The van der Waals surface area contributed by atoms with Crippen LogP contribution < -0.4 is 5.32 Å². The lowest BCUT2D eigenvalue weighted by Gasteiger charge is -2.13. The van der Waals surface area contributed by atoms with E-state index in [4.69, 9.17) is 11.6 Å². The van der Waals surface area contributed by atoms with E-state index in [-0.39, 0.29) is 0 Å². The Bertz CT molecular complexity index is 753. The van der Waals surface area contributed by atoms with Crippen molar-refractivity contribution in [2.45, 2.75) is 24.5 Å². The van der Waals surface area contributed by atoms with Gasteiger partial charge in [-0.25, -0.2) is 4.99 Å². The number of rotatable bonds is 7. The molecule has 0 aliphatic carbocycles. The van der Waals surface area contributed by atoms with E-state index >= 15 is 0 Å². The van der Waals surface area contributed by atoms with Crippen molar-refractivity contribution in [3.05, 3.63) is 47.0 Å². The van der Waals surface area contributed by atoms with Crippen LogP contribution in [0, 0.1) is 6.92 Å². The SMILES string of the molecule is CCN(C)/C=N\c1cc(C)c(Nc2cccc(SC(F)F)c2)cc1Cl. The molecular formula is C18H20ClF2N3S. The molecule has 0 saturated carbocycles. The number of aliphatic imine (C=N–C) groups is 1. The molecule has 134 valence electrons. The molecule has 2 aromatic carbocycles. The Morgan fingerprint density at radius 1 is 1.32 bits per heavy atom. The van der Waals surface area contributed by atoms with Gasteiger partial charge in [0, 0.05) is 29.9 Å². The normalized spacial score (nSPS) is 11.3. The van der Waals surface area contributed by atoms with Gasteiger partial charge in [0.2, 0.25) is 0 Å². The maximum atomic E-state index is 12.5. The number of thioether (sulfide) groups is 1. The van der Waals surface area contributed by atoms with Crippen molar-refractivity contribution < 1.29 is 8.78 Å². The zero-order chi connectivity index (χ0) is 18.4. The number of benzene rings is 2. The number of aryl methyl sites for hydroxylation is 1. The van der Waals surface area contributed by atoms with Gasteiger partial charge >= 0.3 is 0 Å². The summed E-state index contributed by atoms with van der Waals surface area (Å²) >= 11 is 6.84. The third kappa shape index (κ3) is 5.90. The molecule has 2 aromatic rings. The van der Waals surface area contributed by atoms with Crippen molar-refractivity contribution in [3.8, 4) is 0 Å². The molecule has 0 saturated heterocycles. The lowest BCUT2D eigenvalue weighted by atomic mass is 10.1. The number of anilines is 2. The average molecular weight is 384 g/mol. The van der Waals surface area contributed by atoms with E-state index in [1.165, 1.54) is 0 Å². The number of halogens is 3. The summed E-state index contributed by atoms with van der Waals surface area (Å²) < 4.78 is 25.0. The minimum absolute atomic E-state index is 0.507. The lowest BCUT2D eigenvalue weighted by Crippen LogP contribution is -2.14. The third-order valence-electron chi connectivity index (χ3n) is 3.52. The average Bonchev–Trinajstić information content (AvgIpc) is 2.56. The van der Waals surface area contributed by atoms with Gasteiger partial charge < -0.3 is 10.2 Å². The molecule has 0 aliphatic heterocycles. The summed E-state index contributed by atoms with van der Waals surface area (Å²) in [5.74, 6) is -2.44. The molecule has 0 amide bonds.